The van der Waals surface area contributed by atoms with Crippen molar-refractivity contribution in [1.82, 2.24) is 9.78 Å². The standard InChI is InChI=1S/C14H18N4O/c1-2-6-18-10-11(9-17-18)8-16-13-5-3-4-12(7-13)14(15)19/h3-5,7,9-10,16H,2,6,8H2,1H3,(H2,15,19). The van der Waals surface area contributed by atoms with E-state index < -0.39 is 5.91 Å². The third-order valence-electron chi connectivity index (χ3n) is 2.78. The van der Waals surface area contributed by atoms with Crippen molar-refractivity contribution in [3.63, 3.8) is 0 Å². The van der Waals surface area contributed by atoms with Crippen LogP contribution in [0.2, 0.25) is 0 Å². The molecule has 2 aromatic rings. The topological polar surface area (TPSA) is 72.9 Å². The maximum Gasteiger partial charge on any atom is 0.248 e. The third-order valence-corrected chi connectivity index (χ3v) is 2.78. The molecule has 0 unspecified atom stereocenters. The second-order valence-corrected chi connectivity index (χ2v) is 4.41. The van der Waals surface area contributed by atoms with Crippen LogP contribution in [0.4, 0.5) is 5.69 Å². The van der Waals surface area contributed by atoms with E-state index in [1.165, 1.54) is 0 Å². The second-order valence-electron chi connectivity index (χ2n) is 4.41. The predicted octanol–water partition coefficient (Wildman–Crippen LogP) is 2.00. The lowest BCUT2D eigenvalue weighted by Crippen LogP contribution is -2.11. The van der Waals surface area contributed by atoms with Gasteiger partial charge in [-0.3, -0.25) is 9.48 Å². The zero-order chi connectivity index (χ0) is 13.7. The number of aryl methyl sites for hydroxylation is 1. The first-order valence-electron chi connectivity index (χ1n) is 6.34. The highest BCUT2D eigenvalue weighted by Gasteiger charge is 2.02. The number of hydrogen-bond acceptors (Lipinski definition) is 3. The molecule has 0 radical (unpaired) electrons. The molecule has 0 aliphatic heterocycles. The van der Waals surface area contributed by atoms with Gasteiger partial charge in [-0.15, -0.1) is 0 Å². The Hall–Kier alpha value is -2.30. The first-order valence-corrected chi connectivity index (χ1v) is 6.34. The summed E-state index contributed by atoms with van der Waals surface area (Å²) in [7, 11) is 0. The Bertz CT molecular complexity index is 562. The van der Waals surface area contributed by atoms with Crippen LogP contribution in [0.5, 0.6) is 0 Å². The van der Waals surface area contributed by atoms with Crippen LogP contribution in [-0.4, -0.2) is 15.7 Å². The average molecular weight is 258 g/mol. The maximum atomic E-state index is 11.1. The lowest BCUT2D eigenvalue weighted by Gasteiger charge is -2.05. The minimum atomic E-state index is -0.417. The van der Waals surface area contributed by atoms with E-state index in [1.54, 1.807) is 12.1 Å². The van der Waals surface area contributed by atoms with Crippen LogP contribution in [-0.2, 0) is 13.1 Å². The fourth-order valence-corrected chi connectivity index (χ4v) is 1.84. The van der Waals surface area contributed by atoms with Crippen LogP contribution >= 0.6 is 0 Å². The molecule has 5 heteroatoms. The molecule has 0 saturated heterocycles. The highest BCUT2D eigenvalue weighted by atomic mass is 16.1. The zero-order valence-corrected chi connectivity index (χ0v) is 11.0. The van der Waals surface area contributed by atoms with Crippen LogP contribution in [0.3, 0.4) is 0 Å². The Morgan fingerprint density at radius 2 is 2.32 bits per heavy atom. The number of nitrogens with zero attached hydrogens (tertiary/aromatic N) is 2. The number of nitrogens with two attached hydrogens (primary N) is 1. The molecule has 1 aromatic heterocycles. The number of nitrogens with one attached hydrogen (secondary N) is 1. The maximum absolute atomic E-state index is 11.1. The molecule has 1 amide bonds. The molecule has 0 bridgehead atoms. The number of primary amides is 1. The quantitative estimate of drug-likeness (QED) is 0.832. The van der Waals surface area contributed by atoms with Crippen LogP contribution in [0.1, 0.15) is 29.3 Å². The summed E-state index contributed by atoms with van der Waals surface area (Å²) in [5.41, 5.74) is 7.74. The number of amides is 1. The van der Waals surface area contributed by atoms with Crippen molar-refractivity contribution >= 4 is 11.6 Å². The van der Waals surface area contributed by atoms with Gasteiger partial charge in [-0.1, -0.05) is 13.0 Å². The van der Waals surface area contributed by atoms with Gasteiger partial charge in [0.1, 0.15) is 0 Å². The largest absolute Gasteiger partial charge is 0.381 e. The van der Waals surface area contributed by atoms with Crippen LogP contribution in [0.25, 0.3) is 0 Å². The molecular weight excluding hydrogens is 240 g/mol. The van der Waals surface area contributed by atoms with Crippen LogP contribution < -0.4 is 11.1 Å². The smallest absolute Gasteiger partial charge is 0.248 e. The number of benzene rings is 1. The van der Waals surface area contributed by atoms with Gasteiger partial charge < -0.3 is 11.1 Å². The summed E-state index contributed by atoms with van der Waals surface area (Å²) in [6.45, 7) is 3.72. The van der Waals surface area contributed by atoms with Gasteiger partial charge in [0.05, 0.1) is 6.20 Å². The van der Waals surface area contributed by atoms with Crippen molar-refractivity contribution in [3.05, 3.63) is 47.8 Å². The minimum Gasteiger partial charge on any atom is -0.381 e. The van der Waals surface area contributed by atoms with E-state index in [9.17, 15) is 4.79 Å². The SMILES string of the molecule is CCCn1cc(CNc2cccc(C(N)=O)c2)cn1. The Labute approximate surface area is 112 Å². The van der Waals surface area contributed by atoms with E-state index in [-0.39, 0.29) is 0 Å². The van der Waals surface area contributed by atoms with E-state index in [0.29, 0.717) is 12.1 Å². The molecule has 100 valence electrons. The minimum absolute atomic E-state index is 0.417. The molecule has 1 aromatic carbocycles. The van der Waals surface area contributed by atoms with E-state index in [4.69, 9.17) is 5.73 Å². The molecule has 0 aliphatic rings. The summed E-state index contributed by atoms with van der Waals surface area (Å²) in [4.78, 5) is 11.1. The fourth-order valence-electron chi connectivity index (χ4n) is 1.84. The molecule has 2 rings (SSSR count). The summed E-state index contributed by atoms with van der Waals surface area (Å²) < 4.78 is 1.93. The Morgan fingerprint density at radius 1 is 1.47 bits per heavy atom. The summed E-state index contributed by atoms with van der Waals surface area (Å²) >= 11 is 0. The summed E-state index contributed by atoms with van der Waals surface area (Å²) in [6.07, 6.45) is 4.93. The zero-order valence-electron chi connectivity index (χ0n) is 11.0. The number of hydrogen-bond donors (Lipinski definition) is 2. The monoisotopic (exact) mass is 258 g/mol. The first kappa shape index (κ1) is 13.1. The van der Waals surface area contributed by atoms with Gasteiger partial charge >= 0.3 is 0 Å². The highest BCUT2D eigenvalue weighted by molar-refractivity contribution is 5.93. The van der Waals surface area contributed by atoms with Gasteiger partial charge in [0.15, 0.2) is 0 Å². The van der Waals surface area contributed by atoms with Gasteiger partial charge in [-0.2, -0.15) is 5.10 Å². The van der Waals surface area contributed by atoms with Crippen molar-refractivity contribution < 1.29 is 4.79 Å². The number of aromatic nitrogens is 2. The van der Waals surface area contributed by atoms with E-state index in [1.807, 2.05) is 29.2 Å². The average Bonchev–Trinajstić information content (AvgIpc) is 2.85. The van der Waals surface area contributed by atoms with Crippen LogP contribution in [0, 0.1) is 0 Å². The lowest BCUT2D eigenvalue weighted by molar-refractivity contribution is 0.100. The van der Waals surface area contributed by atoms with Gasteiger partial charge in [-0.25, -0.2) is 0 Å². The molecule has 0 spiro atoms. The first-order chi connectivity index (χ1) is 9.19. The normalized spacial score (nSPS) is 10.4. The Balaban J connectivity index is 1.97. The number of anilines is 1. The second kappa shape index (κ2) is 6.04. The van der Waals surface area contributed by atoms with Gasteiger partial charge in [0.2, 0.25) is 5.91 Å². The molecule has 3 N–H and O–H groups in total. The molecule has 0 atom stereocenters. The van der Waals surface area contributed by atoms with Crippen molar-refractivity contribution in [2.75, 3.05) is 5.32 Å². The van der Waals surface area contributed by atoms with E-state index in [0.717, 1.165) is 24.2 Å². The summed E-state index contributed by atoms with van der Waals surface area (Å²) in [6, 6.07) is 7.16. The molecule has 0 aliphatic carbocycles. The lowest BCUT2D eigenvalue weighted by atomic mass is 10.2. The molecular formula is C14H18N4O. The molecule has 1 heterocycles. The predicted molar refractivity (Wildman–Crippen MR) is 74.8 cm³/mol. The molecule has 19 heavy (non-hydrogen) atoms. The van der Waals surface area contributed by atoms with Crippen molar-refractivity contribution in [3.8, 4) is 0 Å². The van der Waals surface area contributed by atoms with Crippen molar-refractivity contribution in [1.29, 1.82) is 0 Å². The number of carbonyl (C=O) groups excluding carboxylic acids is 1. The fraction of sp³-hybridized carbons (Fsp3) is 0.286. The third kappa shape index (κ3) is 3.58. The Morgan fingerprint density at radius 3 is 3.05 bits per heavy atom. The van der Waals surface area contributed by atoms with Crippen molar-refractivity contribution in [2.45, 2.75) is 26.4 Å². The molecule has 0 saturated carbocycles. The summed E-state index contributed by atoms with van der Waals surface area (Å²) in [5, 5.41) is 7.52. The highest BCUT2D eigenvalue weighted by Crippen LogP contribution is 2.11. The number of carbonyl (C=O) groups is 1. The van der Waals surface area contributed by atoms with Crippen LogP contribution in [0.15, 0.2) is 36.7 Å². The van der Waals surface area contributed by atoms with Gasteiger partial charge in [0.25, 0.3) is 0 Å². The van der Waals surface area contributed by atoms with Gasteiger partial charge in [-0.05, 0) is 24.6 Å². The Kier molecular flexibility index (Phi) is 4.18. The van der Waals surface area contributed by atoms with Gasteiger partial charge in [0, 0.05) is 36.1 Å². The number of rotatable bonds is 6. The van der Waals surface area contributed by atoms with E-state index >= 15 is 0 Å². The molecule has 5 nitrogen and oxygen atoms in total. The summed E-state index contributed by atoms with van der Waals surface area (Å²) in [5.74, 6) is -0.417. The van der Waals surface area contributed by atoms with E-state index in [2.05, 4.69) is 17.3 Å². The molecule has 0 fully saturated rings. The van der Waals surface area contributed by atoms with Crippen molar-refractivity contribution in [2.24, 2.45) is 5.73 Å².